The van der Waals surface area contributed by atoms with Gasteiger partial charge >= 0.3 is 0 Å². The number of hydrogen-bond acceptors (Lipinski definition) is 8. The Hall–Kier alpha value is -3.70. The van der Waals surface area contributed by atoms with Gasteiger partial charge in [0.15, 0.2) is 5.78 Å². The third-order valence-corrected chi connectivity index (χ3v) is 7.76. The summed E-state index contributed by atoms with van der Waals surface area (Å²) in [5, 5.41) is 15.5. The van der Waals surface area contributed by atoms with Crippen molar-refractivity contribution >= 4 is 46.8 Å². The summed E-state index contributed by atoms with van der Waals surface area (Å²) in [4.78, 5) is 88.7. The molecule has 2 aliphatic carbocycles. The normalized spacial score (nSPS) is 23.9. The van der Waals surface area contributed by atoms with E-state index in [0.717, 1.165) is 11.3 Å². The number of carbonyl (C=O) groups excluding carboxylic acids is 7. The summed E-state index contributed by atoms with van der Waals surface area (Å²) in [6.07, 6.45) is 4.83. The second-order valence-electron chi connectivity index (χ2n) is 11.0. The molecular formula is C28H39N5O7. The second kappa shape index (κ2) is 13.6. The fraction of sp³-hybridized carbons (Fsp3) is 0.643. The lowest BCUT2D eigenvalue weighted by Gasteiger charge is -2.23. The molecule has 4 N–H and O–H groups in total. The van der Waals surface area contributed by atoms with Gasteiger partial charge in [-0.05, 0) is 51.9 Å². The molecular weight excluding hydrogens is 518 g/mol. The Labute approximate surface area is 233 Å². The van der Waals surface area contributed by atoms with Gasteiger partial charge in [-0.15, -0.1) is 0 Å². The largest absolute Gasteiger partial charge is 0.374 e. The molecule has 0 aromatic rings. The number of amides is 4. The van der Waals surface area contributed by atoms with Gasteiger partial charge in [-0.3, -0.25) is 39.1 Å². The summed E-state index contributed by atoms with van der Waals surface area (Å²) in [6.45, 7) is 4.49. The van der Waals surface area contributed by atoms with Gasteiger partial charge in [-0.2, -0.15) is 0 Å². The molecule has 1 heterocycles. The van der Waals surface area contributed by atoms with Crippen molar-refractivity contribution in [1.82, 2.24) is 20.9 Å². The number of rotatable bonds is 16. The van der Waals surface area contributed by atoms with E-state index in [4.69, 9.17) is 5.41 Å². The average molecular weight is 558 g/mol. The molecule has 1 saturated heterocycles. The van der Waals surface area contributed by atoms with Crippen LogP contribution >= 0.6 is 0 Å². The number of imide groups is 1. The summed E-state index contributed by atoms with van der Waals surface area (Å²) in [6, 6.07) is -2.19. The van der Waals surface area contributed by atoms with Gasteiger partial charge < -0.3 is 20.7 Å². The number of nitrogens with zero attached hydrogens (tertiary/aromatic N) is 1. The van der Waals surface area contributed by atoms with Gasteiger partial charge in [0.2, 0.25) is 23.6 Å². The van der Waals surface area contributed by atoms with Gasteiger partial charge in [0.05, 0.1) is 23.7 Å². The molecule has 2 fully saturated rings. The molecule has 0 radical (unpaired) electrons. The number of nitrogens with one attached hydrogen (secondary N) is 4. The Balaban J connectivity index is 1.61. The van der Waals surface area contributed by atoms with Crippen LogP contribution in [0.5, 0.6) is 0 Å². The lowest BCUT2D eigenvalue weighted by Crippen LogP contribution is -2.52. The first-order chi connectivity index (χ1) is 18.9. The van der Waals surface area contributed by atoms with E-state index in [0.29, 0.717) is 13.0 Å². The van der Waals surface area contributed by atoms with E-state index in [1.807, 2.05) is 12.2 Å². The van der Waals surface area contributed by atoms with Crippen molar-refractivity contribution in [2.45, 2.75) is 77.8 Å². The van der Waals surface area contributed by atoms with Crippen LogP contribution in [0.1, 0.15) is 65.7 Å². The predicted octanol–water partition coefficient (Wildman–Crippen LogP) is 0.438. The first-order valence-corrected chi connectivity index (χ1v) is 13.8. The smallest absolute Gasteiger partial charge is 0.243 e. The van der Waals surface area contributed by atoms with Crippen molar-refractivity contribution in [3.8, 4) is 0 Å². The highest BCUT2D eigenvalue weighted by atomic mass is 16.2. The predicted molar refractivity (Wildman–Crippen MR) is 144 cm³/mol. The lowest BCUT2D eigenvalue weighted by atomic mass is 9.85. The van der Waals surface area contributed by atoms with Crippen LogP contribution in [0.2, 0.25) is 0 Å². The monoisotopic (exact) mass is 557 g/mol. The molecule has 6 atom stereocenters. The first kappa shape index (κ1) is 30.8. The van der Waals surface area contributed by atoms with Crippen LogP contribution in [-0.4, -0.2) is 76.9 Å². The number of fused-ring (bicyclic) bond motifs is 5. The van der Waals surface area contributed by atoms with Crippen LogP contribution in [0.25, 0.3) is 0 Å². The summed E-state index contributed by atoms with van der Waals surface area (Å²) in [5.41, 5.74) is 0. The topological polar surface area (TPSA) is 183 Å². The molecule has 3 aliphatic rings. The maximum Gasteiger partial charge on any atom is 0.243 e. The molecule has 4 unspecified atom stereocenters. The molecule has 4 amide bonds. The fourth-order valence-corrected chi connectivity index (χ4v) is 5.79. The number of ketones is 3. The summed E-state index contributed by atoms with van der Waals surface area (Å²) in [5.74, 6) is -2.99. The van der Waals surface area contributed by atoms with Gasteiger partial charge in [0.1, 0.15) is 17.6 Å². The van der Waals surface area contributed by atoms with Crippen LogP contribution in [0.4, 0.5) is 0 Å². The van der Waals surface area contributed by atoms with Crippen LogP contribution in [-0.2, 0) is 33.6 Å². The fourth-order valence-electron chi connectivity index (χ4n) is 5.79. The minimum Gasteiger partial charge on any atom is -0.374 e. The SMILES string of the molecule is CC(=N)NCCC[C@H](NC(=O)CCN1C(=O)C2C3C=CC(C3)C2C1=O)C(=O)N[C@@H](CC(C)=O)C(=O)CCC(C)=O. The highest BCUT2D eigenvalue weighted by Gasteiger charge is 2.59. The third-order valence-electron chi connectivity index (χ3n) is 7.76. The van der Waals surface area contributed by atoms with Gasteiger partial charge in [0.25, 0.3) is 0 Å². The molecule has 1 aliphatic heterocycles. The molecule has 0 aromatic carbocycles. The number of Topliss-reactive ketones (excluding diaryl/α,β-unsaturated/α-hetero) is 3. The van der Waals surface area contributed by atoms with E-state index >= 15 is 0 Å². The Morgan fingerprint density at radius 1 is 0.900 bits per heavy atom. The van der Waals surface area contributed by atoms with Crippen molar-refractivity contribution in [1.29, 1.82) is 5.41 Å². The van der Waals surface area contributed by atoms with E-state index < -0.39 is 29.7 Å². The number of amidine groups is 1. The van der Waals surface area contributed by atoms with Crippen molar-refractivity contribution in [3.63, 3.8) is 0 Å². The Bertz CT molecular complexity index is 1090. The van der Waals surface area contributed by atoms with Gasteiger partial charge in [-0.1, -0.05) is 12.2 Å². The molecule has 1 saturated carbocycles. The summed E-state index contributed by atoms with van der Waals surface area (Å²) >= 11 is 0. The van der Waals surface area contributed by atoms with Crippen LogP contribution in [0, 0.1) is 29.1 Å². The second-order valence-corrected chi connectivity index (χ2v) is 11.0. The van der Waals surface area contributed by atoms with Crippen LogP contribution in [0.15, 0.2) is 12.2 Å². The molecule has 40 heavy (non-hydrogen) atoms. The highest BCUT2D eigenvalue weighted by Crippen LogP contribution is 2.52. The number of likely N-dealkylation sites (tertiary alicyclic amines) is 1. The van der Waals surface area contributed by atoms with Crippen molar-refractivity contribution in [2.24, 2.45) is 23.7 Å². The third kappa shape index (κ3) is 7.70. The number of allylic oxidation sites excluding steroid dienone is 2. The minimum atomic E-state index is -1.13. The summed E-state index contributed by atoms with van der Waals surface area (Å²) < 4.78 is 0. The zero-order chi connectivity index (χ0) is 29.6. The molecule has 12 nitrogen and oxygen atoms in total. The van der Waals surface area contributed by atoms with E-state index in [-0.39, 0.29) is 91.5 Å². The standard InChI is InChI=1S/C28H39N5O7/c1-15(34)6-9-22(36)21(13-16(2)35)32-26(38)20(5-4-11-30-17(3)29)31-23(37)10-12-33-27(39)24-18-7-8-19(14-18)25(24)28(33)40/h7-8,18-21,24-25H,4-6,9-14H2,1-3H3,(H2,29,30)(H,31,37)(H,32,38)/t18?,19?,20-,21-,24?,25?/m0/s1. The molecule has 0 spiro atoms. The van der Waals surface area contributed by atoms with Crippen molar-refractivity contribution < 1.29 is 33.6 Å². The Morgan fingerprint density at radius 3 is 2.08 bits per heavy atom. The van der Waals surface area contributed by atoms with Crippen molar-refractivity contribution in [2.75, 3.05) is 13.1 Å². The van der Waals surface area contributed by atoms with Gasteiger partial charge in [0, 0.05) is 38.8 Å². The molecule has 12 heteroatoms. The number of hydrogen-bond donors (Lipinski definition) is 4. The molecule has 218 valence electrons. The van der Waals surface area contributed by atoms with Gasteiger partial charge in [-0.25, -0.2) is 0 Å². The van der Waals surface area contributed by atoms with E-state index in [1.165, 1.54) is 13.8 Å². The first-order valence-electron chi connectivity index (χ1n) is 13.8. The van der Waals surface area contributed by atoms with E-state index in [9.17, 15) is 33.6 Å². The lowest BCUT2D eigenvalue weighted by molar-refractivity contribution is -0.141. The molecule has 3 rings (SSSR count). The molecule has 2 bridgehead atoms. The zero-order valence-corrected chi connectivity index (χ0v) is 23.3. The van der Waals surface area contributed by atoms with Crippen LogP contribution < -0.4 is 16.0 Å². The zero-order valence-electron chi connectivity index (χ0n) is 23.3. The van der Waals surface area contributed by atoms with E-state index in [1.54, 1.807) is 6.92 Å². The Morgan fingerprint density at radius 2 is 1.52 bits per heavy atom. The average Bonchev–Trinajstić information content (AvgIpc) is 3.56. The van der Waals surface area contributed by atoms with Crippen LogP contribution in [0.3, 0.4) is 0 Å². The number of carbonyl (C=O) groups is 7. The molecule has 0 aromatic heterocycles. The maximum atomic E-state index is 13.2. The summed E-state index contributed by atoms with van der Waals surface area (Å²) in [7, 11) is 0. The quantitative estimate of drug-likeness (QED) is 0.0693. The minimum absolute atomic E-state index is 0.00880. The maximum absolute atomic E-state index is 13.2. The van der Waals surface area contributed by atoms with Crippen molar-refractivity contribution in [3.05, 3.63) is 12.2 Å². The Kier molecular flexibility index (Phi) is 10.5. The van der Waals surface area contributed by atoms with E-state index in [2.05, 4.69) is 16.0 Å². The highest BCUT2D eigenvalue weighted by molar-refractivity contribution is 6.06.